The van der Waals surface area contributed by atoms with Crippen LogP contribution in [0.2, 0.25) is 0 Å². The van der Waals surface area contributed by atoms with Crippen molar-refractivity contribution < 1.29 is 17.9 Å². The lowest BCUT2D eigenvalue weighted by molar-refractivity contribution is -0.117. The highest BCUT2D eigenvalue weighted by Crippen LogP contribution is 2.26. The molecule has 0 radical (unpaired) electrons. The minimum atomic E-state index is -3.22. The van der Waals surface area contributed by atoms with E-state index in [1.54, 1.807) is 24.4 Å². The SMILES string of the molecule is Cc1cc(C)cc(Oc2nc3c(C)cccn3c(=O)c2/C=C(\C#N)C(=O)N[C@@H]2CCS(=O)(=O)C2)c1. The van der Waals surface area contributed by atoms with Gasteiger partial charge in [-0.3, -0.25) is 14.0 Å². The fraction of sp³-hybridized carbons (Fsp3) is 0.280. The average molecular weight is 493 g/mol. The fourth-order valence-electron chi connectivity index (χ4n) is 4.06. The topological polar surface area (TPSA) is 131 Å². The number of carbonyl (C=O) groups excluding carboxylic acids is 1. The number of nitriles is 1. The number of carbonyl (C=O) groups is 1. The first kappa shape index (κ1) is 24.2. The predicted molar refractivity (Wildman–Crippen MR) is 131 cm³/mol. The Morgan fingerprint density at radius 1 is 1.26 bits per heavy atom. The number of pyridine rings is 1. The van der Waals surface area contributed by atoms with E-state index in [1.807, 2.05) is 39.0 Å². The van der Waals surface area contributed by atoms with Gasteiger partial charge in [0.2, 0.25) is 5.88 Å². The van der Waals surface area contributed by atoms with Gasteiger partial charge >= 0.3 is 0 Å². The summed E-state index contributed by atoms with van der Waals surface area (Å²) in [6.07, 6.45) is 2.96. The Morgan fingerprint density at radius 2 is 1.97 bits per heavy atom. The summed E-state index contributed by atoms with van der Waals surface area (Å²) in [5.74, 6) is -0.551. The zero-order valence-corrected chi connectivity index (χ0v) is 20.3. The third-order valence-electron chi connectivity index (χ3n) is 5.68. The molecular weight excluding hydrogens is 468 g/mol. The van der Waals surface area contributed by atoms with E-state index < -0.39 is 27.3 Å². The number of sulfone groups is 1. The van der Waals surface area contributed by atoms with E-state index in [-0.39, 0.29) is 34.9 Å². The molecule has 4 rings (SSSR count). The van der Waals surface area contributed by atoms with E-state index in [1.165, 1.54) is 4.40 Å². The molecule has 0 aliphatic carbocycles. The molecule has 1 amide bonds. The minimum absolute atomic E-state index is 0.0211. The van der Waals surface area contributed by atoms with Crippen molar-refractivity contribution in [2.75, 3.05) is 11.5 Å². The van der Waals surface area contributed by atoms with Gasteiger partial charge in [-0.1, -0.05) is 12.1 Å². The summed E-state index contributed by atoms with van der Waals surface area (Å²) in [7, 11) is -3.22. The highest BCUT2D eigenvalue weighted by atomic mass is 32.2. The molecular formula is C25H24N4O5S. The lowest BCUT2D eigenvalue weighted by Crippen LogP contribution is -2.36. The van der Waals surface area contributed by atoms with Gasteiger partial charge in [-0.2, -0.15) is 10.2 Å². The number of hydrogen-bond donors (Lipinski definition) is 1. The van der Waals surface area contributed by atoms with Crippen molar-refractivity contribution in [3.05, 3.63) is 74.7 Å². The summed E-state index contributed by atoms with van der Waals surface area (Å²) in [4.78, 5) is 30.7. The Balaban J connectivity index is 1.81. The van der Waals surface area contributed by atoms with Crippen LogP contribution in [0.1, 0.15) is 28.7 Å². The van der Waals surface area contributed by atoms with Crippen LogP contribution in [-0.4, -0.2) is 41.3 Å². The molecule has 1 aliphatic rings. The molecule has 1 N–H and O–H groups in total. The first-order valence-electron chi connectivity index (χ1n) is 11.0. The van der Waals surface area contributed by atoms with Gasteiger partial charge < -0.3 is 10.1 Å². The maximum Gasteiger partial charge on any atom is 0.269 e. The number of aryl methyl sites for hydroxylation is 3. The number of benzene rings is 1. The van der Waals surface area contributed by atoms with Crippen molar-refractivity contribution in [3.8, 4) is 17.7 Å². The Bertz CT molecular complexity index is 1560. The van der Waals surface area contributed by atoms with Gasteiger partial charge in [-0.15, -0.1) is 0 Å². The molecule has 1 aliphatic heterocycles. The smallest absolute Gasteiger partial charge is 0.269 e. The predicted octanol–water partition coefficient (Wildman–Crippen LogP) is 2.62. The molecule has 1 saturated heterocycles. The average Bonchev–Trinajstić information content (AvgIpc) is 3.11. The standard InChI is InChI=1S/C25H24N4O5S/c1-15-9-16(2)11-20(10-15)34-24-21(25(31)29-7-4-5-17(3)22(29)28-24)12-18(13-26)23(30)27-19-6-8-35(32,33)14-19/h4-5,7,9-12,19H,6,8,14H2,1-3H3,(H,27,30)/b18-12+/t19-/m1/s1. The van der Waals surface area contributed by atoms with Crippen molar-refractivity contribution in [2.24, 2.45) is 0 Å². The normalized spacial score (nSPS) is 17.2. The number of nitrogens with one attached hydrogen (secondary N) is 1. The second-order valence-electron chi connectivity index (χ2n) is 8.69. The molecule has 1 aromatic carbocycles. The van der Waals surface area contributed by atoms with Crippen LogP contribution in [0.4, 0.5) is 0 Å². The number of nitrogens with zero attached hydrogens (tertiary/aromatic N) is 3. The Kier molecular flexibility index (Phi) is 6.45. The van der Waals surface area contributed by atoms with Gasteiger partial charge in [0.25, 0.3) is 11.5 Å². The van der Waals surface area contributed by atoms with E-state index in [4.69, 9.17) is 4.74 Å². The molecule has 0 bridgehead atoms. The van der Waals surface area contributed by atoms with E-state index in [0.29, 0.717) is 11.4 Å². The van der Waals surface area contributed by atoms with E-state index in [0.717, 1.165) is 22.8 Å². The molecule has 3 heterocycles. The quantitative estimate of drug-likeness (QED) is 0.428. The number of amides is 1. The summed E-state index contributed by atoms with van der Waals surface area (Å²) < 4.78 is 30.8. The van der Waals surface area contributed by atoms with Crippen LogP contribution in [0.5, 0.6) is 11.6 Å². The Morgan fingerprint density at radius 3 is 2.60 bits per heavy atom. The highest BCUT2D eigenvalue weighted by Gasteiger charge is 2.30. The van der Waals surface area contributed by atoms with Crippen LogP contribution in [0.25, 0.3) is 11.7 Å². The van der Waals surface area contributed by atoms with Crippen LogP contribution >= 0.6 is 0 Å². The number of aromatic nitrogens is 2. The van der Waals surface area contributed by atoms with Crippen LogP contribution in [-0.2, 0) is 14.6 Å². The van der Waals surface area contributed by atoms with Gasteiger partial charge in [0, 0.05) is 12.2 Å². The molecule has 0 spiro atoms. The van der Waals surface area contributed by atoms with E-state index in [2.05, 4.69) is 10.3 Å². The summed E-state index contributed by atoms with van der Waals surface area (Å²) >= 11 is 0. The largest absolute Gasteiger partial charge is 0.438 e. The fourth-order valence-corrected chi connectivity index (χ4v) is 5.74. The summed E-state index contributed by atoms with van der Waals surface area (Å²) in [5, 5.41) is 12.2. The maximum absolute atomic E-state index is 13.4. The molecule has 0 unspecified atom stereocenters. The molecule has 10 heteroatoms. The first-order valence-corrected chi connectivity index (χ1v) is 12.8. The second-order valence-corrected chi connectivity index (χ2v) is 10.9. The van der Waals surface area contributed by atoms with Crippen LogP contribution < -0.4 is 15.6 Å². The summed E-state index contributed by atoms with van der Waals surface area (Å²) in [6.45, 7) is 5.63. The lowest BCUT2D eigenvalue weighted by atomic mass is 10.1. The molecule has 3 aromatic rings. The number of fused-ring (bicyclic) bond motifs is 1. The van der Waals surface area contributed by atoms with Crippen molar-refractivity contribution >= 4 is 27.5 Å². The molecule has 2 aromatic heterocycles. The zero-order valence-electron chi connectivity index (χ0n) is 19.5. The molecule has 0 saturated carbocycles. The lowest BCUT2D eigenvalue weighted by Gasteiger charge is -2.13. The second kappa shape index (κ2) is 9.35. The van der Waals surface area contributed by atoms with Gasteiger partial charge in [-0.05, 0) is 68.2 Å². The highest BCUT2D eigenvalue weighted by molar-refractivity contribution is 7.91. The van der Waals surface area contributed by atoms with Crippen molar-refractivity contribution in [1.82, 2.24) is 14.7 Å². The van der Waals surface area contributed by atoms with E-state index >= 15 is 0 Å². The number of hydrogen-bond acceptors (Lipinski definition) is 7. The molecule has 180 valence electrons. The third kappa shape index (κ3) is 5.25. The minimum Gasteiger partial charge on any atom is -0.438 e. The van der Waals surface area contributed by atoms with Gasteiger partial charge in [0.1, 0.15) is 28.6 Å². The first-order chi connectivity index (χ1) is 16.6. The van der Waals surface area contributed by atoms with Crippen molar-refractivity contribution in [2.45, 2.75) is 33.2 Å². The van der Waals surface area contributed by atoms with Crippen LogP contribution in [0.3, 0.4) is 0 Å². The van der Waals surface area contributed by atoms with Crippen LogP contribution in [0, 0.1) is 32.1 Å². The number of rotatable bonds is 5. The maximum atomic E-state index is 13.4. The summed E-state index contributed by atoms with van der Waals surface area (Å²) in [5.41, 5.74) is 2.09. The molecule has 35 heavy (non-hydrogen) atoms. The van der Waals surface area contributed by atoms with Gasteiger partial charge in [0.15, 0.2) is 9.84 Å². The monoisotopic (exact) mass is 492 g/mol. The molecule has 1 fully saturated rings. The van der Waals surface area contributed by atoms with Crippen LogP contribution in [0.15, 0.2) is 46.9 Å². The molecule has 1 atom stereocenters. The third-order valence-corrected chi connectivity index (χ3v) is 7.45. The van der Waals surface area contributed by atoms with Gasteiger partial charge in [-0.25, -0.2) is 8.42 Å². The van der Waals surface area contributed by atoms with E-state index in [9.17, 15) is 23.3 Å². The molecule has 9 nitrogen and oxygen atoms in total. The Labute approximate surface area is 202 Å². The summed E-state index contributed by atoms with van der Waals surface area (Å²) in [6, 6.07) is 10.3. The van der Waals surface area contributed by atoms with Gasteiger partial charge in [0.05, 0.1) is 11.5 Å². The zero-order chi connectivity index (χ0) is 25.3. The van der Waals surface area contributed by atoms with Crippen molar-refractivity contribution in [3.63, 3.8) is 0 Å². The van der Waals surface area contributed by atoms with Crippen molar-refractivity contribution in [1.29, 1.82) is 5.26 Å². The Hall–Kier alpha value is -3.97. The number of ether oxygens (including phenoxy) is 1.